The van der Waals surface area contributed by atoms with Crippen molar-refractivity contribution in [2.45, 2.75) is 18.9 Å². The minimum absolute atomic E-state index is 0.137. The number of nitrogens with two attached hydrogens (primary N) is 1. The Hall–Kier alpha value is -4.39. The summed E-state index contributed by atoms with van der Waals surface area (Å²) in [4.78, 5) is 23.7. The third-order valence-corrected chi connectivity index (χ3v) is 6.36. The van der Waals surface area contributed by atoms with Gasteiger partial charge in [0.1, 0.15) is 11.6 Å². The van der Waals surface area contributed by atoms with E-state index in [1.165, 1.54) is 18.2 Å². The number of carbonyl (C=O) groups is 1. The summed E-state index contributed by atoms with van der Waals surface area (Å²) in [6.45, 7) is 2.31. The van der Waals surface area contributed by atoms with E-state index < -0.39 is 33.5 Å². The van der Waals surface area contributed by atoms with Gasteiger partial charge in [-0.2, -0.15) is 22.2 Å². The second-order valence-corrected chi connectivity index (χ2v) is 10.3. The lowest BCUT2D eigenvalue weighted by molar-refractivity contribution is -0.134. The quantitative estimate of drug-likeness (QED) is 0.359. The van der Waals surface area contributed by atoms with Gasteiger partial charge in [0.05, 0.1) is 6.26 Å². The Balaban J connectivity index is 0.000000826. The van der Waals surface area contributed by atoms with E-state index in [4.69, 9.17) is 29.8 Å². The summed E-state index contributed by atoms with van der Waals surface area (Å²) >= 11 is 0. The Kier molecular flexibility index (Phi) is 7.63. The molecule has 13 heteroatoms. The molecular weight excluding hydrogens is 532 g/mol. The van der Waals surface area contributed by atoms with Crippen LogP contribution in [-0.4, -0.2) is 60.5 Å². The SMILES string of the molecule is CC(=O)O.CS(=O)(=O)Oc1ccc(C2(c3cccc(-c4ccc(F)nc4F)c3)N=C(N)N3CCCN=C32)cc1. The van der Waals surface area contributed by atoms with E-state index in [9.17, 15) is 17.2 Å². The molecule has 0 saturated heterocycles. The molecule has 0 bridgehead atoms. The monoisotopic (exact) mass is 557 g/mol. The van der Waals surface area contributed by atoms with Crippen molar-refractivity contribution in [2.24, 2.45) is 15.7 Å². The Labute approximate surface area is 223 Å². The molecule has 0 saturated carbocycles. The number of nitrogens with zero attached hydrogens (tertiary/aromatic N) is 4. The van der Waals surface area contributed by atoms with Crippen LogP contribution < -0.4 is 9.92 Å². The molecule has 5 rings (SSSR count). The van der Waals surface area contributed by atoms with Gasteiger partial charge < -0.3 is 15.0 Å². The van der Waals surface area contributed by atoms with Crippen LogP contribution in [0.3, 0.4) is 0 Å². The highest BCUT2D eigenvalue weighted by atomic mass is 32.2. The summed E-state index contributed by atoms with van der Waals surface area (Å²) < 4.78 is 55.9. The predicted octanol–water partition coefficient (Wildman–Crippen LogP) is 3.13. The van der Waals surface area contributed by atoms with Crippen molar-refractivity contribution in [1.82, 2.24) is 9.88 Å². The molecule has 3 aromatic rings. The second kappa shape index (κ2) is 10.8. The molecule has 204 valence electrons. The highest BCUT2D eigenvalue weighted by Crippen LogP contribution is 2.43. The standard InChI is InChI=1S/C24H21F2N5O3S.C2H4O2/c1-35(32,33)34-18-8-6-16(7-9-18)24(22-28-12-3-13-31(22)23(27)30-24)17-5-2-4-15(14-17)19-10-11-20(25)29-21(19)26;1-2(3)4/h2,4-11,14H,3,12-13H2,1H3,(H2,27,30);1H3,(H,3,4). The third kappa shape index (κ3) is 5.87. The lowest BCUT2D eigenvalue weighted by Gasteiger charge is -2.33. The molecule has 39 heavy (non-hydrogen) atoms. The molecule has 1 atom stereocenters. The van der Waals surface area contributed by atoms with Crippen molar-refractivity contribution in [3.8, 4) is 16.9 Å². The van der Waals surface area contributed by atoms with E-state index in [1.54, 1.807) is 30.3 Å². The average Bonchev–Trinajstić information content (AvgIpc) is 3.17. The van der Waals surface area contributed by atoms with Gasteiger partial charge in [-0.25, -0.2) is 4.99 Å². The van der Waals surface area contributed by atoms with Gasteiger partial charge in [-0.15, -0.1) is 0 Å². The predicted molar refractivity (Wildman–Crippen MR) is 141 cm³/mol. The Morgan fingerprint density at radius 2 is 1.79 bits per heavy atom. The molecular formula is C26H25F2N5O5S. The van der Waals surface area contributed by atoms with E-state index >= 15 is 0 Å². The molecule has 3 N–H and O–H groups in total. The normalized spacial score (nSPS) is 18.3. The van der Waals surface area contributed by atoms with Crippen molar-refractivity contribution in [1.29, 1.82) is 0 Å². The van der Waals surface area contributed by atoms with E-state index in [0.29, 0.717) is 41.6 Å². The van der Waals surface area contributed by atoms with Crippen LogP contribution in [-0.2, 0) is 20.5 Å². The van der Waals surface area contributed by atoms with Crippen LogP contribution in [0.25, 0.3) is 11.1 Å². The summed E-state index contributed by atoms with van der Waals surface area (Å²) in [5.41, 5.74) is 7.10. The Morgan fingerprint density at radius 3 is 2.44 bits per heavy atom. The molecule has 2 aliphatic rings. The molecule has 2 aromatic carbocycles. The van der Waals surface area contributed by atoms with Crippen molar-refractivity contribution in [3.63, 3.8) is 0 Å². The number of benzene rings is 2. The second-order valence-electron chi connectivity index (χ2n) is 8.77. The summed E-state index contributed by atoms with van der Waals surface area (Å²) in [7, 11) is -3.70. The first kappa shape index (κ1) is 27.6. The van der Waals surface area contributed by atoms with Crippen LogP contribution in [0.2, 0.25) is 0 Å². The van der Waals surface area contributed by atoms with Gasteiger partial charge in [0, 0.05) is 25.6 Å². The zero-order chi connectivity index (χ0) is 28.4. The molecule has 0 fully saturated rings. The van der Waals surface area contributed by atoms with Gasteiger partial charge in [0.15, 0.2) is 11.5 Å². The minimum Gasteiger partial charge on any atom is -0.481 e. The lowest BCUT2D eigenvalue weighted by atomic mass is 9.81. The molecule has 2 aliphatic heterocycles. The summed E-state index contributed by atoms with van der Waals surface area (Å²) in [5, 5.41) is 7.42. The van der Waals surface area contributed by atoms with Gasteiger partial charge in [-0.3, -0.25) is 14.7 Å². The summed E-state index contributed by atoms with van der Waals surface area (Å²) in [5.74, 6) is -1.61. The number of pyridine rings is 1. The molecule has 3 heterocycles. The van der Waals surface area contributed by atoms with Crippen LogP contribution in [0.1, 0.15) is 24.5 Å². The van der Waals surface area contributed by atoms with Crippen LogP contribution in [0.5, 0.6) is 5.75 Å². The zero-order valence-corrected chi connectivity index (χ0v) is 21.8. The highest BCUT2D eigenvalue weighted by Gasteiger charge is 2.49. The molecule has 1 unspecified atom stereocenters. The molecule has 0 radical (unpaired) electrons. The van der Waals surface area contributed by atoms with Crippen LogP contribution in [0.15, 0.2) is 70.6 Å². The smallest absolute Gasteiger partial charge is 0.306 e. The zero-order valence-electron chi connectivity index (χ0n) is 21.0. The number of carboxylic acid groups (broad SMARTS) is 1. The number of aliphatic carboxylic acids is 1. The molecule has 1 aromatic heterocycles. The number of halogens is 2. The minimum atomic E-state index is -3.70. The number of fused-ring (bicyclic) bond motifs is 1. The maximum atomic E-state index is 14.5. The first-order valence-corrected chi connectivity index (χ1v) is 13.5. The largest absolute Gasteiger partial charge is 0.481 e. The average molecular weight is 558 g/mol. The highest BCUT2D eigenvalue weighted by molar-refractivity contribution is 7.86. The van der Waals surface area contributed by atoms with Gasteiger partial charge >= 0.3 is 10.1 Å². The van der Waals surface area contributed by atoms with Crippen LogP contribution >= 0.6 is 0 Å². The van der Waals surface area contributed by atoms with Crippen molar-refractivity contribution in [2.75, 3.05) is 19.3 Å². The number of rotatable bonds is 5. The summed E-state index contributed by atoms with van der Waals surface area (Å²) in [6, 6.07) is 15.9. The van der Waals surface area contributed by atoms with Gasteiger partial charge in [-0.05, 0) is 53.4 Å². The number of hydrogen-bond acceptors (Lipinski definition) is 9. The molecule has 0 amide bonds. The number of carboxylic acids is 1. The van der Waals surface area contributed by atoms with E-state index in [-0.39, 0.29) is 11.3 Å². The maximum Gasteiger partial charge on any atom is 0.306 e. The van der Waals surface area contributed by atoms with Crippen molar-refractivity contribution in [3.05, 3.63) is 83.7 Å². The molecule has 0 spiro atoms. The van der Waals surface area contributed by atoms with E-state index in [2.05, 4.69) is 4.98 Å². The van der Waals surface area contributed by atoms with E-state index in [1.807, 2.05) is 11.0 Å². The molecule has 0 aliphatic carbocycles. The topological polar surface area (TPSA) is 148 Å². The van der Waals surface area contributed by atoms with Crippen LogP contribution in [0, 0.1) is 11.9 Å². The maximum absolute atomic E-state index is 14.5. The van der Waals surface area contributed by atoms with Gasteiger partial charge in [0.2, 0.25) is 11.9 Å². The number of aromatic nitrogens is 1. The van der Waals surface area contributed by atoms with Crippen molar-refractivity contribution >= 4 is 27.9 Å². The fraction of sp³-hybridized carbons (Fsp3) is 0.231. The first-order chi connectivity index (χ1) is 18.4. The fourth-order valence-electron chi connectivity index (χ4n) is 4.44. The van der Waals surface area contributed by atoms with Gasteiger partial charge in [0.25, 0.3) is 5.97 Å². The Bertz CT molecular complexity index is 1570. The Morgan fingerprint density at radius 1 is 1.10 bits per heavy atom. The fourth-order valence-corrected chi connectivity index (χ4v) is 4.90. The number of aliphatic imine (C=N–C) groups is 2. The number of hydrogen-bond donors (Lipinski definition) is 2. The first-order valence-electron chi connectivity index (χ1n) is 11.7. The van der Waals surface area contributed by atoms with E-state index in [0.717, 1.165) is 25.7 Å². The summed E-state index contributed by atoms with van der Waals surface area (Å²) in [6.07, 6.45) is 1.78. The third-order valence-electron chi connectivity index (χ3n) is 5.87. The number of guanidine groups is 1. The lowest BCUT2D eigenvalue weighted by Crippen LogP contribution is -2.46. The molecule has 10 nitrogen and oxygen atoms in total. The van der Waals surface area contributed by atoms with Gasteiger partial charge in [-0.1, -0.05) is 30.3 Å². The number of amidine groups is 1. The van der Waals surface area contributed by atoms with Crippen LogP contribution in [0.4, 0.5) is 8.78 Å². The van der Waals surface area contributed by atoms with Crippen molar-refractivity contribution < 1.29 is 31.3 Å².